The van der Waals surface area contributed by atoms with Crippen molar-refractivity contribution in [2.45, 2.75) is 83.6 Å². The zero-order valence-corrected chi connectivity index (χ0v) is 27.1. The number of alkyl halides is 1. The molecule has 42 heavy (non-hydrogen) atoms. The molecule has 4 aliphatic carbocycles. The number of fused-ring (bicyclic) bond motifs is 5. The van der Waals surface area contributed by atoms with Gasteiger partial charge in [0.2, 0.25) is 0 Å². The summed E-state index contributed by atoms with van der Waals surface area (Å²) in [6, 6.07) is 21.3. The van der Waals surface area contributed by atoms with E-state index in [2.05, 4.69) is 110 Å². The van der Waals surface area contributed by atoms with Crippen LogP contribution in [-0.2, 0) is 14.3 Å². The van der Waals surface area contributed by atoms with Crippen LogP contribution in [0.3, 0.4) is 0 Å². The van der Waals surface area contributed by atoms with Crippen LogP contribution in [0.15, 0.2) is 78.4 Å². The van der Waals surface area contributed by atoms with E-state index in [4.69, 9.17) is 4.74 Å². The SMILES string of the molecule is CC(=O)O[C@H]1CC[C@@]2(C)[C@@H](CC[C@H]3[C@H]2C(=O)[C@H](Br)[C@@]2(C)[C@@H]3CC[C@H]2/C(C)=C\C=C(c2ccccc2)c2ccccc2)C1. The number of rotatable bonds is 5. The third-order valence-corrected chi connectivity index (χ3v) is 13.4. The lowest BCUT2D eigenvalue weighted by Gasteiger charge is -2.61. The Hall–Kier alpha value is -2.46. The first kappa shape index (κ1) is 29.6. The van der Waals surface area contributed by atoms with Crippen LogP contribution in [0.25, 0.3) is 5.57 Å². The van der Waals surface area contributed by atoms with E-state index >= 15 is 0 Å². The number of Topliss-reactive ketones (excluding diaryl/α,β-unsaturated/α-hetero) is 1. The van der Waals surface area contributed by atoms with E-state index in [-0.39, 0.29) is 33.6 Å². The van der Waals surface area contributed by atoms with E-state index in [1.165, 1.54) is 35.6 Å². The van der Waals surface area contributed by atoms with E-state index in [0.29, 0.717) is 29.5 Å². The lowest BCUT2D eigenvalue weighted by molar-refractivity contribution is -0.167. The monoisotopic (exact) mass is 628 g/mol. The molecule has 0 radical (unpaired) electrons. The smallest absolute Gasteiger partial charge is 0.302 e. The van der Waals surface area contributed by atoms with Crippen LogP contribution in [0.5, 0.6) is 0 Å². The van der Waals surface area contributed by atoms with Crippen LogP contribution in [0.4, 0.5) is 0 Å². The first-order valence-electron chi connectivity index (χ1n) is 16.0. The summed E-state index contributed by atoms with van der Waals surface area (Å²) in [5.41, 5.74) is 4.93. The van der Waals surface area contributed by atoms with Crippen molar-refractivity contribution in [3.8, 4) is 0 Å². The van der Waals surface area contributed by atoms with Crippen molar-refractivity contribution in [1.29, 1.82) is 0 Å². The number of esters is 1. The maximum atomic E-state index is 14.5. The van der Waals surface area contributed by atoms with Crippen molar-refractivity contribution in [3.05, 3.63) is 89.5 Å². The first-order chi connectivity index (χ1) is 20.1. The summed E-state index contributed by atoms with van der Waals surface area (Å²) in [6.07, 6.45) is 12.0. The molecule has 6 rings (SSSR count). The molecule has 2 aromatic rings. The fourth-order valence-electron chi connectivity index (χ4n) is 9.97. The molecular formula is C38H45BrO3. The second kappa shape index (κ2) is 11.6. The van der Waals surface area contributed by atoms with Gasteiger partial charge in [-0.15, -0.1) is 0 Å². The van der Waals surface area contributed by atoms with Gasteiger partial charge in [0.25, 0.3) is 0 Å². The lowest BCUT2D eigenvalue weighted by atomic mass is 9.44. The normalized spacial score (nSPS) is 37.7. The third kappa shape index (κ3) is 4.96. The molecule has 4 heteroatoms. The highest BCUT2D eigenvalue weighted by atomic mass is 79.9. The largest absolute Gasteiger partial charge is 0.463 e. The molecule has 0 bridgehead atoms. The Labute approximate surface area is 260 Å². The summed E-state index contributed by atoms with van der Waals surface area (Å²) in [4.78, 5) is 26.0. The second-order valence-corrected chi connectivity index (χ2v) is 14.9. The topological polar surface area (TPSA) is 43.4 Å². The number of carbonyl (C=O) groups is 2. The van der Waals surface area contributed by atoms with E-state index in [1.54, 1.807) is 0 Å². The molecule has 222 valence electrons. The van der Waals surface area contributed by atoms with Gasteiger partial charge in [0.05, 0.1) is 4.83 Å². The number of allylic oxidation sites excluding steroid dienone is 3. The predicted octanol–water partition coefficient (Wildman–Crippen LogP) is 9.21. The van der Waals surface area contributed by atoms with E-state index in [9.17, 15) is 9.59 Å². The molecule has 4 aliphatic rings. The van der Waals surface area contributed by atoms with Gasteiger partial charge in [0.15, 0.2) is 5.78 Å². The molecule has 0 heterocycles. The quantitative estimate of drug-likeness (QED) is 0.188. The number of ketones is 1. The lowest BCUT2D eigenvalue weighted by Crippen LogP contribution is -2.62. The average molecular weight is 630 g/mol. The maximum absolute atomic E-state index is 14.5. The summed E-state index contributed by atoms with van der Waals surface area (Å²) in [6.45, 7) is 8.59. The minimum Gasteiger partial charge on any atom is -0.463 e. The zero-order valence-electron chi connectivity index (χ0n) is 25.5. The van der Waals surface area contributed by atoms with Crippen molar-refractivity contribution in [2.75, 3.05) is 0 Å². The molecule has 0 aliphatic heterocycles. The highest BCUT2D eigenvalue weighted by Gasteiger charge is 2.66. The Kier molecular flexibility index (Phi) is 8.15. The molecule has 9 atom stereocenters. The van der Waals surface area contributed by atoms with Gasteiger partial charge in [0.1, 0.15) is 6.10 Å². The molecule has 0 spiro atoms. The van der Waals surface area contributed by atoms with Crippen molar-refractivity contribution in [2.24, 2.45) is 40.4 Å². The van der Waals surface area contributed by atoms with Crippen molar-refractivity contribution >= 4 is 33.3 Å². The molecule has 0 unspecified atom stereocenters. The van der Waals surface area contributed by atoms with E-state index < -0.39 is 0 Å². The summed E-state index contributed by atoms with van der Waals surface area (Å²) < 4.78 is 5.65. The van der Waals surface area contributed by atoms with Gasteiger partial charge in [-0.3, -0.25) is 9.59 Å². The molecule has 3 nitrogen and oxygen atoms in total. The van der Waals surface area contributed by atoms with Crippen LogP contribution in [0, 0.1) is 40.4 Å². The first-order valence-corrected chi connectivity index (χ1v) is 16.9. The molecule has 4 fully saturated rings. The molecule has 2 aromatic carbocycles. The van der Waals surface area contributed by atoms with Gasteiger partial charge in [-0.25, -0.2) is 0 Å². The summed E-state index contributed by atoms with van der Waals surface area (Å²) >= 11 is 4.06. The minimum absolute atomic E-state index is 0.00399. The molecular weight excluding hydrogens is 584 g/mol. The number of hydrogen-bond donors (Lipinski definition) is 0. The number of ether oxygens (including phenoxy) is 1. The van der Waals surface area contributed by atoms with Gasteiger partial charge in [-0.2, -0.15) is 0 Å². The molecule has 4 saturated carbocycles. The van der Waals surface area contributed by atoms with Crippen LogP contribution in [0.1, 0.15) is 83.8 Å². The number of benzene rings is 2. The second-order valence-electron chi connectivity index (χ2n) is 14.0. The summed E-state index contributed by atoms with van der Waals surface area (Å²) in [5.74, 6) is 2.14. The zero-order chi connectivity index (χ0) is 29.6. The van der Waals surface area contributed by atoms with Gasteiger partial charge in [0, 0.05) is 12.8 Å². The molecule has 0 saturated heterocycles. The third-order valence-electron chi connectivity index (χ3n) is 12.0. The average Bonchev–Trinajstić information content (AvgIpc) is 3.35. The van der Waals surface area contributed by atoms with Crippen LogP contribution in [-0.4, -0.2) is 22.7 Å². The number of hydrogen-bond acceptors (Lipinski definition) is 3. The minimum atomic E-state index is -0.183. The van der Waals surface area contributed by atoms with Crippen LogP contribution in [0.2, 0.25) is 0 Å². The summed E-state index contributed by atoms with van der Waals surface area (Å²) in [7, 11) is 0. The standard InChI is InChI=1S/C38H45BrO3/c1-24(15-17-30(26-11-7-5-8-12-26)27-13-9-6-10-14-27)32-19-20-33-31-18-16-28-23-29(42-25(2)40)21-22-37(28,3)34(31)35(41)36(39)38(32,33)4/h5-15,17,28-29,31-34,36H,16,18-23H2,1-4H3/b24-15-/t28-,29-,31+,32-,33+,34-,36-,37-,38+/m0/s1. The Morgan fingerprint density at radius 2 is 1.52 bits per heavy atom. The van der Waals surface area contributed by atoms with Crippen LogP contribution >= 0.6 is 15.9 Å². The van der Waals surface area contributed by atoms with Gasteiger partial charge >= 0.3 is 5.97 Å². The Morgan fingerprint density at radius 3 is 2.14 bits per heavy atom. The Bertz CT molecular complexity index is 1340. The highest BCUT2D eigenvalue weighted by Crippen LogP contribution is 2.68. The highest BCUT2D eigenvalue weighted by molar-refractivity contribution is 9.10. The van der Waals surface area contributed by atoms with E-state index in [0.717, 1.165) is 38.5 Å². The Morgan fingerprint density at radius 1 is 0.881 bits per heavy atom. The number of carbonyl (C=O) groups excluding carboxylic acids is 2. The fourth-order valence-corrected chi connectivity index (χ4v) is 10.9. The molecule has 0 N–H and O–H groups in total. The van der Waals surface area contributed by atoms with Crippen molar-refractivity contribution in [3.63, 3.8) is 0 Å². The van der Waals surface area contributed by atoms with Crippen LogP contribution < -0.4 is 0 Å². The van der Waals surface area contributed by atoms with Gasteiger partial charge in [-0.05, 0) is 103 Å². The fraction of sp³-hybridized carbons (Fsp3) is 0.526. The molecule has 0 amide bonds. The van der Waals surface area contributed by atoms with Gasteiger partial charge < -0.3 is 4.74 Å². The molecule has 0 aromatic heterocycles. The van der Waals surface area contributed by atoms with E-state index in [1.807, 2.05) is 0 Å². The summed E-state index contributed by atoms with van der Waals surface area (Å²) in [5, 5.41) is 0. The van der Waals surface area contributed by atoms with Gasteiger partial charge in [-0.1, -0.05) is 108 Å². The predicted molar refractivity (Wildman–Crippen MR) is 173 cm³/mol. The maximum Gasteiger partial charge on any atom is 0.302 e. The number of halogens is 1. The Balaban J connectivity index is 1.29. The van der Waals surface area contributed by atoms with Crippen molar-refractivity contribution in [1.82, 2.24) is 0 Å². The van der Waals surface area contributed by atoms with Crippen molar-refractivity contribution < 1.29 is 14.3 Å².